The van der Waals surface area contributed by atoms with Crippen LogP contribution in [0.3, 0.4) is 0 Å². The summed E-state index contributed by atoms with van der Waals surface area (Å²) in [5.41, 5.74) is 6.34. The van der Waals surface area contributed by atoms with Crippen molar-refractivity contribution in [3.63, 3.8) is 0 Å². The Hall–Kier alpha value is -2.65. The minimum absolute atomic E-state index is 0.0802. The average molecular weight is 464 g/mol. The third-order valence-corrected chi connectivity index (χ3v) is 8.68. The van der Waals surface area contributed by atoms with Crippen LogP contribution in [0, 0.1) is 11.8 Å². The first-order chi connectivity index (χ1) is 14.6. The van der Waals surface area contributed by atoms with Gasteiger partial charge in [-0.2, -0.15) is 4.31 Å². The van der Waals surface area contributed by atoms with Crippen molar-refractivity contribution < 1.29 is 16.8 Å². The lowest BCUT2D eigenvalue weighted by Crippen LogP contribution is -2.54. The van der Waals surface area contributed by atoms with Crippen LogP contribution in [0.1, 0.15) is 6.92 Å². The lowest BCUT2D eigenvalue weighted by molar-refractivity contribution is 0.360. The summed E-state index contributed by atoms with van der Waals surface area (Å²) >= 11 is 0. The first-order valence-corrected chi connectivity index (χ1v) is 12.4. The molecule has 11 heteroatoms. The number of aromatic nitrogens is 1. The summed E-state index contributed by atoms with van der Waals surface area (Å²) in [6.07, 6.45) is 1.25. The number of piperazine rings is 1. The molecule has 31 heavy (non-hydrogen) atoms. The van der Waals surface area contributed by atoms with Crippen LogP contribution in [0.15, 0.2) is 52.4 Å². The summed E-state index contributed by atoms with van der Waals surface area (Å²) in [4.78, 5) is 6.13. The van der Waals surface area contributed by atoms with Gasteiger partial charge in [-0.3, -0.25) is 0 Å². The number of nitrogen functional groups attached to an aromatic ring is 1. The van der Waals surface area contributed by atoms with Gasteiger partial charge in [0.25, 0.3) is 0 Å². The maximum Gasteiger partial charge on any atom is 0.244 e. The van der Waals surface area contributed by atoms with E-state index in [-0.39, 0.29) is 34.7 Å². The van der Waals surface area contributed by atoms with Gasteiger partial charge in [0.1, 0.15) is 16.8 Å². The third-order valence-electron chi connectivity index (χ3n) is 5.00. The van der Waals surface area contributed by atoms with Crippen LogP contribution in [0.25, 0.3) is 0 Å². The van der Waals surface area contributed by atoms with Crippen molar-refractivity contribution in [2.24, 2.45) is 0 Å². The molecule has 1 aromatic heterocycles. The lowest BCUT2D eigenvalue weighted by atomic mass is 10.1. The molecule has 1 atom stereocenters. The zero-order valence-corrected chi connectivity index (χ0v) is 19.2. The van der Waals surface area contributed by atoms with Gasteiger partial charge in [0.05, 0.1) is 4.90 Å². The first kappa shape index (κ1) is 23.0. The predicted octanol–water partition coefficient (Wildman–Crippen LogP) is 0.817. The molecule has 0 saturated carbocycles. The van der Waals surface area contributed by atoms with Crippen LogP contribution in [0.2, 0.25) is 0 Å². The van der Waals surface area contributed by atoms with Crippen molar-refractivity contribution in [1.29, 1.82) is 0 Å². The molecule has 2 heterocycles. The molecule has 0 bridgehead atoms. The Morgan fingerprint density at radius 2 is 1.68 bits per heavy atom. The van der Waals surface area contributed by atoms with Crippen LogP contribution in [-0.2, 0) is 20.0 Å². The minimum atomic E-state index is -3.74. The maximum atomic E-state index is 13.0. The number of pyridine rings is 1. The molecule has 3 rings (SSSR count). The third kappa shape index (κ3) is 4.67. The van der Waals surface area contributed by atoms with Gasteiger partial charge in [-0.1, -0.05) is 5.92 Å². The van der Waals surface area contributed by atoms with Crippen molar-refractivity contribution in [3.8, 4) is 11.8 Å². The van der Waals surface area contributed by atoms with Crippen molar-refractivity contribution in [3.05, 3.63) is 42.6 Å². The lowest BCUT2D eigenvalue weighted by Gasteiger charge is -2.39. The number of nitrogens with two attached hydrogens (primary N) is 1. The number of hydrogen-bond acceptors (Lipinski definition) is 7. The monoisotopic (exact) mass is 463 g/mol. The van der Waals surface area contributed by atoms with E-state index in [1.54, 1.807) is 31.2 Å². The van der Waals surface area contributed by atoms with Gasteiger partial charge in [-0.05, 0) is 43.3 Å². The van der Waals surface area contributed by atoms with Crippen molar-refractivity contribution in [2.45, 2.75) is 22.8 Å². The fourth-order valence-electron chi connectivity index (χ4n) is 3.29. The quantitative estimate of drug-likeness (QED) is 0.652. The van der Waals surface area contributed by atoms with E-state index >= 15 is 0 Å². The second-order valence-corrected chi connectivity index (χ2v) is 11.3. The molecule has 9 nitrogen and oxygen atoms in total. The summed E-state index contributed by atoms with van der Waals surface area (Å²) in [6.45, 7) is 2.53. The largest absolute Gasteiger partial charge is 0.384 e. The molecule has 1 aromatic carbocycles. The van der Waals surface area contributed by atoms with E-state index in [0.717, 1.165) is 9.99 Å². The van der Waals surface area contributed by atoms with Crippen LogP contribution in [0.5, 0.6) is 0 Å². The molecule has 1 saturated heterocycles. The predicted molar refractivity (Wildman–Crippen MR) is 119 cm³/mol. The van der Waals surface area contributed by atoms with E-state index in [1.807, 2.05) is 4.90 Å². The summed E-state index contributed by atoms with van der Waals surface area (Å²) < 4.78 is 53.2. The van der Waals surface area contributed by atoms with Gasteiger partial charge in [0, 0.05) is 45.6 Å². The van der Waals surface area contributed by atoms with Gasteiger partial charge in [0.2, 0.25) is 20.0 Å². The molecule has 1 unspecified atom stereocenters. The molecule has 1 aliphatic heterocycles. The van der Waals surface area contributed by atoms with Gasteiger partial charge < -0.3 is 10.6 Å². The highest BCUT2D eigenvalue weighted by Crippen LogP contribution is 2.26. The highest BCUT2D eigenvalue weighted by Gasteiger charge is 2.34. The molecular weight excluding hydrogens is 438 g/mol. The van der Waals surface area contributed by atoms with Crippen LogP contribution in [-0.4, -0.2) is 70.2 Å². The fraction of sp³-hybridized carbons (Fsp3) is 0.350. The second kappa shape index (κ2) is 8.84. The molecule has 0 radical (unpaired) electrons. The molecule has 0 spiro atoms. The Bertz CT molecular complexity index is 1200. The summed E-state index contributed by atoms with van der Waals surface area (Å²) in [7, 11) is -4.30. The van der Waals surface area contributed by atoms with Gasteiger partial charge in [-0.15, -0.1) is 5.92 Å². The standard InChI is InChI=1S/C20H25N5O4S2/c1-4-5-17-15-24(31(28,29)19-10-11-20(21)22-14-19)12-13-25(17)16-6-8-18(9-7-16)30(26,27)23(2)3/h6-11,14,17H,12-13,15H2,1-3H3,(H2,21,22). The van der Waals surface area contributed by atoms with Gasteiger partial charge >= 0.3 is 0 Å². The summed E-state index contributed by atoms with van der Waals surface area (Å²) in [5, 5.41) is 0. The highest BCUT2D eigenvalue weighted by molar-refractivity contribution is 7.89. The van der Waals surface area contributed by atoms with Crippen molar-refractivity contribution in [1.82, 2.24) is 13.6 Å². The average Bonchev–Trinajstić information content (AvgIpc) is 2.74. The van der Waals surface area contributed by atoms with Gasteiger partial charge in [-0.25, -0.2) is 26.1 Å². The van der Waals surface area contributed by atoms with E-state index < -0.39 is 20.0 Å². The number of anilines is 2. The Kier molecular flexibility index (Phi) is 6.56. The molecule has 2 N–H and O–H groups in total. The van der Waals surface area contributed by atoms with Crippen LogP contribution >= 0.6 is 0 Å². The zero-order valence-electron chi connectivity index (χ0n) is 17.6. The maximum absolute atomic E-state index is 13.0. The van der Waals surface area contributed by atoms with Crippen molar-refractivity contribution in [2.75, 3.05) is 44.4 Å². The molecule has 1 aliphatic rings. The Morgan fingerprint density at radius 3 is 2.23 bits per heavy atom. The number of hydrogen-bond donors (Lipinski definition) is 1. The molecule has 2 aromatic rings. The normalized spacial score (nSPS) is 17.9. The topological polar surface area (TPSA) is 117 Å². The van der Waals surface area contributed by atoms with Crippen molar-refractivity contribution >= 4 is 31.6 Å². The Labute approximate surface area is 183 Å². The number of rotatable bonds is 5. The zero-order chi connectivity index (χ0) is 22.8. The molecule has 0 aliphatic carbocycles. The van der Waals surface area contributed by atoms with E-state index in [0.29, 0.717) is 6.54 Å². The smallest absolute Gasteiger partial charge is 0.244 e. The summed E-state index contributed by atoms with van der Waals surface area (Å²) in [5.74, 6) is 6.18. The second-order valence-electron chi connectivity index (χ2n) is 7.17. The highest BCUT2D eigenvalue weighted by atomic mass is 32.2. The molecule has 1 fully saturated rings. The Balaban J connectivity index is 1.85. The molecular formula is C20H25N5O4S2. The SMILES string of the molecule is CC#CC1CN(S(=O)(=O)c2ccc(N)nc2)CCN1c1ccc(S(=O)(=O)N(C)C)cc1. The fourth-order valence-corrected chi connectivity index (χ4v) is 5.57. The molecule has 0 amide bonds. The number of sulfonamides is 2. The Morgan fingerprint density at radius 1 is 1.03 bits per heavy atom. The van der Waals surface area contributed by atoms with E-state index in [1.165, 1.54) is 36.7 Å². The van der Waals surface area contributed by atoms with E-state index in [2.05, 4.69) is 16.8 Å². The molecule has 166 valence electrons. The van der Waals surface area contributed by atoms with E-state index in [4.69, 9.17) is 5.73 Å². The van der Waals surface area contributed by atoms with Gasteiger partial charge in [0.15, 0.2) is 0 Å². The van der Waals surface area contributed by atoms with E-state index in [9.17, 15) is 16.8 Å². The van der Waals surface area contributed by atoms with Crippen LogP contribution < -0.4 is 10.6 Å². The number of benzene rings is 1. The first-order valence-electron chi connectivity index (χ1n) is 9.50. The number of nitrogens with zero attached hydrogens (tertiary/aromatic N) is 4. The van der Waals surface area contributed by atoms with Crippen LogP contribution in [0.4, 0.5) is 11.5 Å². The summed E-state index contributed by atoms with van der Waals surface area (Å²) in [6, 6.07) is 9.04. The minimum Gasteiger partial charge on any atom is -0.384 e.